The Morgan fingerprint density at radius 2 is 1.92 bits per heavy atom. The van der Waals surface area contributed by atoms with Crippen molar-refractivity contribution in [3.63, 3.8) is 0 Å². The van der Waals surface area contributed by atoms with Gasteiger partial charge in [-0.1, -0.05) is 5.16 Å². The van der Waals surface area contributed by atoms with E-state index in [9.17, 15) is 0 Å². The van der Waals surface area contributed by atoms with E-state index in [0.29, 0.717) is 18.3 Å². The lowest BCUT2D eigenvalue weighted by atomic mass is 10.1. The predicted molar refractivity (Wildman–Crippen MR) is 92.7 cm³/mol. The smallest absolute Gasteiger partial charge is 0.266 e. The first-order valence-corrected chi connectivity index (χ1v) is 8.28. The maximum Gasteiger partial charge on any atom is 0.266 e. The first-order valence-electron chi connectivity index (χ1n) is 8.28. The molecule has 1 aliphatic rings. The second kappa shape index (κ2) is 6.36. The van der Waals surface area contributed by atoms with Crippen LogP contribution in [0, 0.1) is 6.92 Å². The Bertz CT molecular complexity index is 897. The van der Waals surface area contributed by atoms with E-state index in [2.05, 4.69) is 20.1 Å². The third-order valence-corrected chi connectivity index (χ3v) is 4.43. The van der Waals surface area contributed by atoms with Gasteiger partial charge in [-0.15, -0.1) is 0 Å². The minimum absolute atomic E-state index is 0.0158. The second-order valence-corrected chi connectivity index (χ2v) is 6.35. The number of nitrogens with zero attached hydrogens (tertiary/aromatic N) is 5. The Balaban J connectivity index is 1.54. The highest BCUT2D eigenvalue weighted by molar-refractivity contribution is 5.55. The summed E-state index contributed by atoms with van der Waals surface area (Å²) in [6.45, 7) is 2.48. The van der Waals surface area contributed by atoms with E-state index in [1.165, 1.54) is 0 Å². The van der Waals surface area contributed by atoms with E-state index < -0.39 is 5.67 Å². The van der Waals surface area contributed by atoms with Gasteiger partial charge in [0, 0.05) is 30.9 Å². The van der Waals surface area contributed by atoms with Crippen molar-refractivity contribution in [2.24, 2.45) is 0 Å². The monoisotopic (exact) mass is 355 g/mol. The van der Waals surface area contributed by atoms with Crippen molar-refractivity contribution in [3.05, 3.63) is 48.1 Å². The second-order valence-electron chi connectivity index (χ2n) is 6.35. The molecule has 1 aliphatic heterocycles. The summed E-state index contributed by atoms with van der Waals surface area (Å²) in [4.78, 5) is 14.6. The molecule has 0 N–H and O–H groups in total. The first kappa shape index (κ1) is 16.4. The molecule has 7 nitrogen and oxygen atoms in total. The summed E-state index contributed by atoms with van der Waals surface area (Å²) in [5.74, 6) is 1.57. The van der Waals surface area contributed by atoms with Crippen LogP contribution in [0.1, 0.15) is 17.9 Å². The van der Waals surface area contributed by atoms with Crippen molar-refractivity contribution >= 4 is 5.95 Å². The van der Waals surface area contributed by atoms with Crippen LogP contribution in [-0.2, 0) is 5.67 Å². The molecule has 134 valence electrons. The van der Waals surface area contributed by atoms with E-state index in [1.807, 2.05) is 6.92 Å². The zero-order chi connectivity index (χ0) is 18.1. The Kier molecular flexibility index (Phi) is 4.02. The molecule has 8 heteroatoms. The standard InChI is InChI=1S/C18H18FN5O2/c1-12-9-20-17(21-10-12)24-8-7-18(19,11-24)16-22-15(23-26-16)13-3-5-14(25-2)6-4-13/h3-6,9-10H,7-8,11H2,1-2H3. The van der Waals surface area contributed by atoms with Crippen LogP contribution in [0.25, 0.3) is 11.4 Å². The Morgan fingerprint density at radius 1 is 1.19 bits per heavy atom. The maximum atomic E-state index is 15.4. The van der Waals surface area contributed by atoms with Crippen molar-refractivity contribution in [2.45, 2.75) is 19.0 Å². The van der Waals surface area contributed by atoms with Crippen molar-refractivity contribution in [1.82, 2.24) is 20.1 Å². The van der Waals surface area contributed by atoms with Gasteiger partial charge >= 0.3 is 0 Å². The molecule has 1 atom stereocenters. The van der Waals surface area contributed by atoms with Crippen LogP contribution in [0.3, 0.4) is 0 Å². The molecule has 3 heterocycles. The molecule has 0 saturated carbocycles. The summed E-state index contributed by atoms with van der Waals surface area (Å²) in [6, 6.07) is 7.20. The lowest BCUT2D eigenvalue weighted by Crippen LogP contribution is -2.28. The molecule has 1 unspecified atom stereocenters. The number of hydrogen-bond acceptors (Lipinski definition) is 7. The number of hydrogen-bond donors (Lipinski definition) is 0. The molecule has 1 saturated heterocycles. The summed E-state index contributed by atoms with van der Waals surface area (Å²) in [7, 11) is 1.60. The third-order valence-electron chi connectivity index (χ3n) is 4.43. The van der Waals surface area contributed by atoms with Crippen LogP contribution in [0.2, 0.25) is 0 Å². The minimum Gasteiger partial charge on any atom is -0.497 e. The van der Waals surface area contributed by atoms with Crippen molar-refractivity contribution in [1.29, 1.82) is 0 Å². The number of aromatic nitrogens is 4. The van der Waals surface area contributed by atoms with Gasteiger partial charge in [0.05, 0.1) is 13.7 Å². The van der Waals surface area contributed by atoms with Gasteiger partial charge < -0.3 is 14.2 Å². The van der Waals surface area contributed by atoms with E-state index in [4.69, 9.17) is 9.26 Å². The van der Waals surface area contributed by atoms with Gasteiger partial charge in [0.15, 0.2) is 0 Å². The van der Waals surface area contributed by atoms with Crippen molar-refractivity contribution < 1.29 is 13.7 Å². The highest BCUT2D eigenvalue weighted by Crippen LogP contribution is 2.37. The summed E-state index contributed by atoms with van der Waals surface area (Å²) in [5.41, 5.74) is -0.0204. The van der Waals surface area contributed by atoms with E-state index in [0.717, 1.165) is 16.9 Å². The number of halogens is 1. The average molecular weight is 355 g/mol. The van der Waals surface area contributed by atoms with Crippen molar-refractivity contribution in [3.8, 4) is 17.1 Å². The molecule has 1 fully saturated rings. The molecule has 0 radical (unpaired) electrons. The Labute approximate surface area is 149 Å². The zero-order valence-corrected chi connectivity index (χ0v) is 14.5. The highest BCUT2D eigenvalue weighted by Gasteiger charge is 2.45. The molecule has 4 rings (SSSR count). The van der Waals surface area contributed by atoms with Crippen LogP contribution in [0.15, 0.2) is 41.2 Å². The van der Waals surface area contributed by atoms with Gasteiger partial charge in [-0.2, -0.15) is 4.98 Å². The van der Waals surface area contributed by atoms with Crippen molar-refractivity contribution in [2.75, 3.05) is 25.1 Å². The SMILES string of the molecule is COc1ccc(-c2noc(C3(F)CCN(c4ncc(C)cn4)C3)n2)cc1. The zero-order valence-electron chi connectivity index (χ0n) is 14.5. The number of ether oxygens (including phenoxy) is 1. The van der Waals surface area contributed by atoms with Gasteiger partial charge in [0.1, 0.15) is 5.75 Å². The number of methoxy groups -OCH3 is 1. The minimum atomic E-state index is -1.72. The normalized spacial score (nSPS) is 19.7. The van der Waals surface area contributed by atoms with Crippen LogP contribution in [0.4, 0.5) is 10.3 Å². The molecular formula is C18H18FN5O2. The number of alkyl halides is 1. The fraction of sp³-hybridized carbons (Fsp3) is 0.333. The fourth-order valence-corrected chi connectivity index (χ4v) is 2.93. The quantitative estimate of drug-likeness (QED) is 0.712. The lowest BCUT2D eigenvalue weighted by molar-refractivity contribution is 0.136. The van der Waals surface area contributed by atoms with Gasteiger partial charge in [0.25, 0.3) is 5.89 Å². The van der Waals surface area contributed by atoms with Crippen LogP contribution in [-0.4, -0.2) is 40.3 Å². The first-order chi connectivity index (χ1) is 12.6. The Morgan fingerprint density at radius 3 is 2.62 bits per heavy atom. The fourth-order valence-electron chi connectivity index (χ4n) is 2.93. The molecule has 0 bridgehead atoms. The van der Waals surface area contributed by atoms with Crippen LogP contribution < -0.4 is 9.64 Å². The van der Waals surface area contributed by atoms with Gasteiger partial charge in [0.2, 0.25) is 17.4 Å². The van der Waals surface area contributed by atoms with Crippen LogP contribution >= 0.6 is 0 Å². The lowest BCUT2D eigenvalue weighted by Gasteiger charge is -2.17. The molecule has 1 aromatic carbocycles. The summed E-state index contributed by atoms with van der Waals surface area (Å²) >= 11 is 0. The highest BCUT2D eigenvalue weighted by atomic mass is 19.1. The molecule has 0 amide bonds. The van der Waals surface area contributed by atoms with Gasteiger partial charge in [-0.05, 0) is 36.8 Å². The summed E-state index contributed by atoms with van der Waals surface area (Å²) < 4.78 is 25.8. The number of aryl methyl sites for hydroxylation is 1. The predicted octanol–water partition coefficient (Wildman–Crippen LogP) is 2.92. The largest absolute Gasteiger partial charge is 0.497 e. The van der Waals surface area contributed by atoms with Gasteiger partial charge in [-0.3, -0.25) is 0 Å². The van der Waals surface area contributed by atoms with E-state index in [-0.39, 0.29) is 18.9 Å². The molecule has 0 aliphatic carbocycles. The molecule has 3 aromatic rings. The number of rotatable bonds is 4. The maximum absolute atomic E-state index is 15.4. The molecular weight excluding hydrogens is 337 g/mol. The topological polar surface area (TPSA) is 77.2 Å². The summed E-state index contributed by atoms with van der Waals surface area (Å²) in [5, 5.41) is 3.92. The average Bonchev–Trinajstić information content (AvgIpc) is 3.31. The summed E-state index contributed by atoms with van der Waals surface area (Å²) in [6.07, 6.45) is 3.68. The van der Waals surface area contributed by atoms with E-state index in [1.54, 1.807) is 48.7 Å². The van der Waals surface area contributed by atoms with Gasteiger partial charge in [-0.25, -0.2) is 14.4 Å². The number of benzene rings is 1. The number of anilines is 1. The molecule has 2 aromatic heterocycles. The van der Waals surface area contributed by atoms with Crippen LogP contribution in [0.5, 0.6) is 5.75 Å². The van der Waals surface area contributed by atoms with E-state index >= 15 is 4.39 Å². The third kappa shape index (κ3) is 2.98. The Hall–Kier alpha value is -3.03. The molecule has 26 heavy (non-hydrogen) atoms. The molecule has 0 spiro atoms.